The van der Waals surface area contributed by atoms with Crippen LogP contribution < -0.4 is 0 Å². The van der Waals surface area contributed by atoms with Crippen molar-refractivity contribution in [3.63, 3.8) is 0 Å². The van der Waals surface area contributed by atoms with Crippen LogP contribution in [-0.4, -0.2) is 44.7 Å². The third kappa shape index (κ3) is 2.52. The summed E-state index contributed by atoms with van der Waals surface area (Å²) in [6.45, 7) is 1.86. The van der Waals surface area contributed by atoms with Crippen LogP contribution in [0.5, 0.6) is 0 Å². The van der Waals surface area contributed by atoms with Gasteiger partial charge in [0.05, 0.1) is 11.5 Å². The number of aliphatic hydroxyl groups excluding tert-OH is 1. The van der Waals surface area contributed by atoms with Crippen LogP contribution in [0.15, 0.2) is 29.2 Å². The number of benzene rings is 1. The van der Waals surface area contributed by atoms with Gasteiger partial charge in [-0.15, -0.1) is 0 Å². The lowest BCUT2D eigenvalue weighted by molar-refractivity contribution is -0.138. The van der Waals surface area contributed by atoms with Gasteiger partial charge >= 0.3 is 0 Å². The lowest BCUT2D eigenvalue weighted by Gasteiger charge is -2.21. The second kappa shape index (κ2) is 4.53. The summed E-state index contributed by atoms with van der Waals surface area (Å²) in [6.07, 6.45) is -2.59. The van der Waals surface area contributed by atoms with Crippen molar-refractivity contribution in [3.05, 3.63) is 29.8 Å². The number of aryl methyl sites for hydroxylation is 1. The fraction of sp³-hybridized carbons (Fsp3) is 0.500. The minimum absolute atomic E-state index is 0.00652. The molecule has 0 spiro atoms. The molecule has 3 rings (SSSR count). The van der Waals surface area contributed by atoms with Crippen molar-refractivity contribution < 1.29 is 27.2 Å². The van der Waals surface area contributed by atoms with E-state index in [0.29, 0.717) is 0 Å². The van der Waals surface area contributed by atoms with Gasteiger partial charge in [0.1, 0.15) is 18.3 Å². The summed E-state index contributed by atoms with van der Waals surface area (Å²) in [4.78, 5) is 0.0985. The van der Waals surface area contributed by atoms with Crippen molar-refractivity contribution in [2.45, 2.75) is 36.4 Å². The Morgan fingerprint density at radius 2 is 1.95 bits per heavy atom. The van der Waals surface area contributed by atoms with Crippen LogP contribution in [0.1, 0.15) is 5.56 Å². The van der Waals surface area contributed by atoms with Gasteiger partial charge in [-0.25, -0.2) is 0 Å². The molecule has 0 radical (unpaired) electrons. The summed E-state index contributed by atoms with van der Waals surface area (Å²) in [5.41, 5.74) is 0.966. The molecule has 1 aromatic rings. The second-order valence-electron chi connectivity index (χ2n) is 4.69. The van der Waals surface area contributed by atoms with Crippen LogP contribution in [0.25, 0.3) is 0 Å². The monoisotopic (exact) mass is 286 g/mol. The average Bonchev–Trinajstić information content (AvgIpc) is 3.14. The summed E-state index contributed by atoms with van der Waals surface area (Å²) in [5.74, 6) is 0. The predicted molar refractivity (Wildman–Crippen MR) is 63.9 cm³/mol. The van der Waals surface area contributed by atoms with Gasteiger partial charge in [0.2, 0.25) is 0 Å². The maximum Gasteiger partial charge on any atom is 0.297 e. The van der Waals surface area contributed by atoms with Crippen molar-refractivity contribution in [1.82, 2.24) is 0 Å². The third-order valence-electron chi connectivity index (χ3n) is 3.20. The largest absolute Gasteiger partial charge is 0.366 e. The number of rotatable bonds is 3. The molecule has 1 N–H and O–H groups in total. The van der Waals surface area contributed by atoms with E-state index in [1.165, 1.54) is 12.1 Å². The lowest BCUT2D eigenvalue weighted by atomic mass is 10.1. The Kier molecular flexibility index (Phi) is 3.11. The standard InChI is InChI=1S/C12H14O6S/c1-7-2-4-8(5-3-7)19(14,15)18-9-6-16-12(13)11-10(9)17-11/h2-5,9-13H,6H2,1H3/t9-,10-,11+,12+/m1/s1. The molecule has 4 atom stereocenters. The van der Waals surface area contributed by atoms with E-state index in [9.17, 15) is 13.5 Å². The highest BCUT2D eigenvalue weighted by Crippen LogP contribution is 2.36. The highest BCUT2D eigenvalue weighted by Gasteiger charge is 2.55. The zero-order valence-electron chi connectivity index (χ0n) is 10.2. The van der Waals surface area contributed by atoms with Crippen LogP contribution >= 0.6 is 0 Å². The molecule has 1 aromatic carbocycles. The summed E-state index contributed by atoms with van der Waals surface area (Å²) in [6, 6.07) is 6.39. The molecule has 7 heteroatoms. The fourth-order valence-electron chi connectivity index (χ4n) is 2.05. The Labute approximate surface area is 111 Å². The van der Waals surface area contributed by atoms with E-state index in [1.807, 2.05) is 6.92 Å². The Morgan fingerprint density at radius 3 is 2.63 bits per heavy atom. The van der Waals surface area contributed by atoms with E-state index in [4.69, 9.17) is 13.7 Å². The molecule has 19 heavy (non-hydrogen) atoms. The molecule has 2 saturated heterocycles. The molecule has 0 bridgehead atoms. The summed E-state index contributed by atoms with van der Waals surface area (Å²) < 4.78 is 39.4. The van der Waals surface area contributed by atoms with Gasteiger partial charge in [0.15, 0.2) is 6.29 Å². The first kappa shape index (κ1) is 13.0. The molecule has 0 saturated carbocycles. The van der Waals surface area contributed by atoms with E-state index < -0.39 is 34.7 Å². The minimum Gasteiger partial charge on any atom is -0.366 e. The summed E-state index contributed by atoms with van der Waals surface area (Å²) in [5, 5.41) is 9.33. The zero-order valence-corrected chi connectivity index (χ0v) is 11.0. The van der Waals surface area contributed by atoms with Crippen LogP contribution in [0, 0.1) is 6.92 Å². The maximum atomic E-state index is 12.1. The molecular formula is C12H14O6S. The Bertz CT molecular complexity index is 566. The van der Waals surface area contributed by atoms with E-state index in [1.54, 1.807) is 12.1 Å². The third-order valence-corrected chi connectivity index (χ3v) is 4.55. The SMILES string of the molecule is Cc1ccc(S(=O)(=O)O[C@@H]2CO[C@H](O)[C@H]3O[C@@H]32)cc1. The van der Waals surface area contributed by atoms with Crippen molar-refractivity contribution in [1.29, 1.82) is 0 Å². The van der Waals surface area contributed by atoms with Crippen molar-refractivity contribution in [3.8, 4) is 0 Å². The van der Waals surface area contributed by atoms with E-state index in [-0.39, 0.29) is 11.5 Å². The van der Waals surface area contributed by atoms with Gasteiger partial charge in [-0.2, -0.15) is 8.42 Å². The molecule has 0 aliphatic carbocycles. The van der Waals surface area contributed by atoms with E-state index in [2.05, 4.69) is 0 Å². The Balaban J connectivity index is 1.74. The fourth-order valence-corrected chi connectivity index (χ4v) is 3.12. The van der Waals surface area contributed by atoms with E-state index >= 15 is 0 Å². The average molecular weight is 286 g/mol. The Morgan fingerprint density at radius 1 is 1.26 bits per heavy atom. The molecule has 2 aliphatic rings. The van der Waals surface area contributed by atoms with Crippen LogP contribution in [0.3, 0.4) is 0 Å². The van der Waals surface area contributed by atoms with Crippen LogP contribution in [-0.2, 0) is 23.8 Å². The normalized spacial score (nSPS) is 33.8. The Hall–Kier alpha value is -0.990. The number of aliphatic hydroxyl groups is 1. The second-order valence-corrected chi connectivity index (χ2v) is 6.26. The highest BCUT2D eigenvalue weighted by atomic mass is 32.2. The van der Waals surface area contributed by atoms with Gasteiger partial charge in [0, 0.05) is 0 Å². The smallest absolute Gasteiger partial charge is 0.297 e. The van der Waals surface area contributed by atoms with Crippen molar-refractivity contribution in [2.75, 3.05) is 6.61 Å². The molecule has 2 aliphatic heterocycles. The van der Waals surface area contributed by atoms with Crippen LogP contribution in [0.2, 0.25) is 0 Å². The predicted octanol–water partition coefficient (Wildman–Crippen LogP) is 0.185. The van der Waals surface area contributed by atoms with Crippen LogP contribution in [0.4, 0.5) is 0 Å². The zero-order chi connectivity index (χ0) is 13.6. The quantitative estimate of drug-likeness (QED) is 0.630. The first-order valence-corrected chi connectivity index (χ1v) is 7.33. The van der Waals surface area contributed by atoms with Gasteiger partial charge < -0.3 is 14.6 Å². The molecule has 0 aromatic heterocycles. The molecule has 104 valence electrons. The van der Waals surface area contributed by atoms with Crippen molar-refractivity contribution in [2.24, 2.45) is 0 Å². The topological polar surface area (TPSA) is 85.4 Å². The van der Waals surface area contributed by atoms with Crippen molar-refractivity contribution >= 4 is 10.1 Å². The van der Waals surface area contributed by atoms with Gasteiger partial charge in [-0.05, 0) is 19.1 Å². The number of ether oxygens (including phenoxy) is 2. The van der Waals surface area contributed by atoms with Gasteiger partial charge in [0.25, 0.3) is 10.1 Å². The first-order valence-electron chi connectivity index (χ1n) is 5.92. The molecular weight excluding hydrogens is 272 g/mol. The number of fused-ring (bicyclic) bond motifs is 1. The van der Waals surface area contributed by atoms with E-state index in [0.717, 1.165) is 5.56 Å². The molecule has 2 heterocycles. The van der Waals surface area contributed by atoms with Gasteiger partial charge in [-0.1, -0.05) is 17.7 Å². The lowest BCUT2D eigenvalue weighted by Crippen LogP contribution is -2.39. The number of hydrogen-bond acceptors (Lipinski definition) is 6. The molecule has 2 fully saturated rings. The maximum absolute atomic E-state index is 12.1. The summed E-state index contributed by atoms with van der Waals surface area (Å²) >= 11 is 0. The number of epoxide rings is 1. The first-order chi connectivity index (χ1) is 8.97. The molecule has 0 unspecified atom stereocenters. The molecule has 6 nitrogen and oxygen atoms in total. The highest BCUT2D eigenvalue weighted by molar-refractivity contribution is 7.86. The summed E-state index contributed by atoms with van der Waals surface area (Å²) in [7, 11) is -3.84. The number of hydrogen-bond donors (Lipinski definition) is 1. The minimum atomic E-state index is -3.84. The molecule has 0 amide bonds. The van der Waals surface area contributed by atoms with Gasteiger partial charge in [-0.3, -0.25) is 4.18 Å².